The Morgan fingerprint density at radius 1 is 0.257 bits per heavy atom. The molecule has 0 bridgehead atoms. The minimum absolute atomic E-state index is 0.0769. The molecule has 21 rings (SSSR count). The summed E-state index contributed by atoms with van der Waals surface area (Å²) < 4.78 is 10.2. The summed E-state index contributed by atoms with van der Waals surface area (Å²) in [6, 6.07) is 126. The van der Waals surface area contributed by atoms with Crippen molar-refractivity contribution < 1.29 is 0 Å². The van der Waals surface area contributed by atoms with Crippen LogP contribution in [-0.2, 0) is 5.41 Å². The third kappa shape index (κ3) is 8.54. The fraction of sp³-hybridized carbons (Fsp3) is 0.0426. The van der Waals surface area contributed by atoms with Gasteiger partial charge in [0, 0.05) is 80.9 Å². The molecule has 0 N–H and O–H groups in total. The lowest BCUT2D eigenvalue weighted by molar-refractivity contribution is 0.589. The van der Waals surface area contributed by atoms with Crippen molar-refractivity contribution in [2.45, 2.75) is 36.0 Å². The average molecular weight is 1310 g/mol. The second-order valence-corrected chi connectivity index (χ2v) is 29.3. The van der Waals surface area contributed by atoms with Crippen LogP contribution in [0.15, 0.2) is 343 Å². The summed E-state index contributed by atoms with van der Waals surface area (Å²) in [5, 5.41) is 9.76. The summed E-state index contributed by atoms with van der Waals surface area (Å²) in [6.45, 7) is 6.92. The lowest BCUT2D eigenvalue weighted by atomic mass is 9.34. The first-order chi connectivity index (χ1) is 49.8. The molecule has 0 unspecified atom stereocenters. The molecule has 19 aromatic rings. The normalized spacial score (nSPS) is 12.8. The molecular formula is C94H64BN5S. The van der Waals surface area contributed by atoms with E-state index in [9.17, 15) is 0 Å². The second-order valence-electron chi connectivity index (χ2n) is 28.3. The van der Waals surface area contributed by atoms with E-state index in [0.717, 1.165) is 117 Å². The smallest absolute Gasteiger partial charge is 0.249 e. The van der Waals surface area contributed by atoms with E-state index < -0.39 is 0 Å². The zero-order chi connectivity index (χ0) is 66.8. The molecule has 0 fully saturated rings. The van der Waals surface area contributed by atoms with E-state index in [2.05, 4.69) is 378 Å². The molecule has 2 aliphatic rings. The molecule has 7 heteroatoms. The Morgan fingerprint density at radius 3 is 1.10 bits per heavy atom. The molecule has 0 saturated carbocycles. The Morgan fingerprint density at radius 2 is 0.634 bits per heavy atom. The maximum atomic E-state index is 2.66. The zero-order valence-corrected chi connectivity index (χ0v) is 56.8. The second kappa shape index (κ2) is 22.1. The van der Waals surface area contributed by atoms with Crippen LogP contribution in [0.2, 0.25) is 0 Å². The largest absolute Gasteiger partial charge is 0.311 e. The molecule has 0 spiro atoms. The van der Waals surface area contributed by atoms with Crippen molar-refractivity contribution in [3.8, 4) is 56.1 Å². The van der Waals surface area contributed by atoms with Gasteiger partial charge in [0.15, 0.2) is 0 Å². The summed E-state index contributed by atoms with van der Waals surface area (Å²) >= 11 is 1.94. The van der Waals surface area contributed by atoms with Gasteiger partial charge in [0.2, 0.25) is 6.71 Å². The van der Waals surface area contributed by atoms with Gasteiger partial charge in [-0.05, 0) is 130 Å². The summed E-state index contributed by atoms with van der Waals surface area (Å²) in [4.78, 5) is 5.20. The van der Waals surface area contributed by atoms with E-state index in [1.54, 1.807) is 0 Å². The van der Waals surface area contributed by atoms with E-state index in [1.807, 2.05) is 11.8 Å². The summed E-state index contributed by atoms with van der Waals surface area (Å²) in [5.41, 5.74) is 29.1. The van der Waals surface area contributed by atoms with Crippen LogP contribution in [0.3, 0.4) is 0 Å². The number of rotatable bonds is 8. The van der Waals surface area contributed by atoms with Gasteiger partial charge in [0.25, 0.3) is 0 Å². The van der Waals surface area contributed by atoms with Crippen molar-refractivity contribution in [3.05, 3.63) is 339 Å². The minimum Gasteiger partial charge on any atom is -0.311 e. The van der Waals surface area contributed by atoms with Crippen molar-refractivity contribution >= 4 is 139 Å². The number of nitrogens with zero attached hydrogens (tertiary/aromatic N) is 5. The van der Waals surface area contributed by atoms with Gasteiger partial charge >= 0.3 is 0 Å². The zero-order valence-electron chi connectivity index (χ0n) is 56.0. The van der Waals surface area contributed by atoms with E-state index in [-0.39, 0.29) is 12.1 Å². The van der Waals surface area contributed by atoms with Crippen LogP contribution in [0.4, 0.5) is 17.1 Å². The Bertz CT molecular complexity index is 6480. The van der Waals surface area contributed by atoms with Crippen LogP contribution in [0.5, 0.6) is 0 Å². The molecule has 0 atom stereocenters. The number of para-hydroxylation sites is 11. The predicted octanol–water partition coefficient (Wildman–Crippen LogP) is 23.1. The summed E-state index contributed by atoms with van der Waals surface area (Å²) in [6.07, 6.45) is 0. The number of fused-ring (bicyclic) bond motifs is 16. The molecule has 0 amide bonds. The third-order valence-electron chi connectivity index (χ3n) is 21.8. The molecular weight excluding hydrogens is 1240 g/mol. The van der Waals surface area contributed by atoms with Gasteiger partial charge in [-0.25, -0.2) is 0 Å². The van der Waals surface area contributed by atoms with E-state index in [0.29, 0.717) is 0 Å². The highest BCUT2D eigenvalue weighted by Gasteiger charge is 2.43. The van der Waals surface area contributed by atoms with Gasteiger partial charge in [0.05, 0.1) is 72.6 Å². The van der Waals surface area contributed by atoms with E-state index in [4.69, 9.17) is 0 Å². The topological polar surface area (TPSA) is 23.0 Å². The lowest BCUT2D eigenvalue weighted by Gasteiger charge is -2.41. The number of hydrogen-bond donors (Lipinski definition) is 0. The number of aromatic nitrogens is 4. The minimum atomic E-state index is -0.106. The highest BCUT2D eigenvalue weighted by Crippen LogP contribution is 2.51. The van der Waals surface area contributed by atoms with Crippen LogP contribution in [-0.4, -0.2) is 25.0 Å². The number of hydrogen-bond acceptors (Lipinski definition) is 2. The maximum Gasteiger partial charge on any atom is 0.249 e. The average Bonchev–Trinajstić information content (AvgIpc) is 0.970. The van der Waals surface area contributed by atoms with Crippen molar-refractivity contribution in [2.75, 3.05) is 4.90 Å². The maximum absolute atomic E-state index is 2.66. The van der Waals surface area contributed by atoms with Crippen LogP contribution < -0.4 is 21.3 Å². The molecule has 474 valence electrons. The Kier molecular flexibility index (Phi) is 12.6. The molecule has 6 heterocycles. The van der Waals surface area contributed by atoms with Crippen LogP contribution in [0.1, 0.15) is 26.3 Å². The fourth-order valence-corrected chi connectivity index (χ4v) is 18.6. The highest BCUT2D eigenvalue weighted by atomic mass is 32.2. The van der Waals surface area contributed by atoms with Crippen LogP contribution in [0, 0.1) is 0 Å². The van der Waals surface area contributed by atoms with Crippen molar-refractivity contribution in [1.82, 2.24) is 18.3 Å². The van der Waals surface area contributed by atoms with Gasteiger partial charge in [-0.3, -0.25) is 0 Å². The van der Waals surface area contributed by atoms with Crippen LogP contribution in [0.25, 0.3) is 143 Å². The van der Waals surface area contributed by atoms with Crippen molar-refractivity contribution in [3.63, 3.8) is 0 Å². The molecule has 2 aliphatic heterocycles. The Hall–Kier alpha value is -12.3. The van der Waals surface area contributed by atoms with Gasteiger partial charge in [0.1, 0.15) is 0 Å². The lowest BCUT2D eigenvalue weighted by Crippen LogP contribution is -2.60. The molecule has 0 aliphatic carbocycles. The third-order valence-corrected chi connectivity index (χ3v) is 22.9. The summed E-state index contributed by atoms with van der Waals surface area (Å²) in [5.74, 6) is 0. The standard InChI is InChI=1S/C94H64BN5S/c1-94(2,3)62-52-54-75-89(58-62)101-90-57-61(65-39-26-50-86(97-79-43-19-10-32-68(79)69-33-11-20-44-80(69)97)93(65)100-83-47-23-14-36-72(83)73-37-15-24-48-84(73)100)56-88-91(90)95(75)74-53-51-60(55-87(74)98(88)76-40-16-7-29-63(76)59-27-5-4-6-28-59)64-38-25-49-85(96-77-41-17-8-30-66(77)67-31-9-18-42-78(67)96)92(64)99-81-45-21-12-34-70(81)71-35-13-22-46-82(71)99/h4-58H,1-3H3. The van der Waals surface area contributed by atoms with Gasteiger partial charge in [-0.2, -0.15) is 0 Å². The number of benzene rings is 15. The van der Waals surface area contributed by atoms with Crippen molar-refractivity contribution in [2.24, 2.45) is 0 Å². The predicted molar refractivity (Wildman–Crippen MR) is 429 cm³/mol. The molecule has 101 heavy (non-hydrogen) atoms. The summed E-state index contributed by atoms with van der Waals surface area (Å²) in [7, 11) is 0. The Labute approximate surface area is 589 Å². The Balaban J connectivity index is 0.889. The molecule has 5 nitrogen and oxygen atoms in total. The first-order valence-electron chi connectivity index (χ1n) is 35.1. The van der Waals surface area contributed by atoms with Gasteiger partial charge in [-0.15, -0.1) is 0 Å². The molecule has 0 saturated heterocycles. The highest BCUT2D eigenvalue weighted by molar-refractivity contribution is 8.00. The SMILES string of the molecule is CC(C)(C)c1ccc2c(c1)Sc1cc(-c3cccc(-n4c5ccccc5c5ccccc54)c3-n3c4ccccc4c4ccccc43)cc3c1B2c1ccc(-c2cccc(-n4c5ccccc5c5ccccc54)c2-n2c4ccccc4c4ccccc42)cc1N3c1ccccc1-c1ccccc1. The monoisotopic (exact) mass is 1310 g/mol. The van der Waals surface area contributed by atoms with Crippen LogP contribution >= 0.6 is 11.8 Å². The molecule has 15 aromatic carbocycles. The van der Waals surface area contributed by atoms with Crippen molar-refractivity contribution in [1.29, 1.82) is 0 Å². The molecule has 0 radical (unpaired) electrons. The fourth-order valence-electron chi connectivity index (χ4n) is 17.4. The van der Waals surface area contributed by atoms with Gasteiger partial charge < -0.3 is 23.2 Å². The van der Waals surface area contributed by atoms with Gasteiger partial charge in [-0.1, -0.05) is 281 Å². The number of anilines is 3. The molecule has 4 aromatic heterocycles. The quantitative estimate of drug-likeness (QED) is 0.142. The van der Waals surface area contributed by atoms with E-state index in [1.165, 1.54) is 74.8 Å². The first kappa shape index (κ1) is 57.8. The first-order valence-corrected chi connectivity index (χ1v) is 35.9. The van der Waals surface area contributed by atoms with E-state index >= 15 is 0 Å².